The van der Waals surface area contributed by atoms with Gasteiger partial charge < -0.3 is 9.88 Å². The fourth-order valence-electron chi connectivity index (χ4n) is 1.93. The van der Waals surface area contributed by atoms with Gasteiger partial charge in [-0.25, -0.2) is 15.0 Å². The molecule has 0 spiro atoms. The summed E-state index contributed by atoms with van der Waals surface area (Å²) in [4.78, 5) is 17.8. The first-order chi connectivity index (χ1) is 7.84. The van der Waals surface area contributed by atoms with Gasteiger partial charge in [-0.3, -0.25) is 0 Å². The third-order valence-corrected chi connectivity index (χ3v) is 3.13. The summed E-state index contributed by atoms with van der Waals surface area (Å²) in [6, 6.07) is 0. The van der Waals surface area contributed by atoms with Gasteiger partial charge in [0.25, 0.3) is 0 Å². The molecule has 16 heavy (non-hydrogen) atoms. The van der Waals surface area contributed by atoms with Crippen molar-refractivity contribution in [1.82, 2.24) is 19.9 Å². The molecule has 0 aliphatic heterocycles. The first-order valence-electron chi connectivity index (χ1n) is 5.70. The Hall–Kier alpha value is -1.65. The average Bonchev–Trinajstić information content (AvgIpc) is 3.01. The van der Waals surface area contributed by atoms with E-state index in [9.17, 15) is 0 Å². The van der Waals surface area contributed by atoms with Crippen LogP contribution in [0.5, 0.6) is 0 Å². The third-order valence-electron chi connectivity index (χ3n) is 3.13. The van der Waals surface area contributed by atoms with E-state index < -0.39 is 0 Å². The van der Waals surface area contributed by atoms with E-state index in [2.05, 4.69) is 31.9 Å². The molecule has 0 saturated heterocycles. The van der Waals surface area contributed by atoms with Crippen LogP contribution >= 0.6 is 0 Å². The summed E-state index contributed by atoms with van der Waals surface area (Å²) >= 11 is 0. The molecule has 0 bridgehead atoms. The lowest BCUT2D eigenvalue weighted by Crippen LogP contribution is -2.20. The standard InChI is InChI=1S/C11H15N5/c1-16(5-4-8-2-3-8)11-9-10(13-6-12-9)14-7-15-11/h6-8H,2-5H2,1H3,(H,12,13,14,15). The minimum Gasteiger partial charge on any atom is -0.358 e. The normalized spacial score (nSPS) is 15.6. The summed E-state index contributed by atoms with van der Waals surface area (Å²) in [7, 11) is 2.07. The molecule has 5 heteroatoms. The van der Waals surface area contributed by atoms with Crippen LogP contribution in [0.4, 0.5) is 5.82 Å². The minimum atomic E-state index is 0.739. The zero-order valence-electron chi connectivity index (χ0n) is 9.35. The number of nitrogens with zero attached hydrogens (tertiary/aromatic N) is 4. The highest BCUT2D eigenvalue weighted by atomic mass is 15.2. The fourth-order valence-corrected chi connectivity index (χ4v) is 1.93. The molecule has 2 aromatic rings. The van der Waals surface area contributed by atoms with Crippen LogP contribution in [0.2, 0.25) is 0 Å². The second-order valence-electron chi connectivity index (χ2n) is 4.45. The molecule has 1 aliphatic carbocycles. The topological polar surface area (TPSA) is 57.7 Å². The van der Waals surface area contributed by atoms with Crippen molar-refractivity contribution in [2.45, 2.75) is 19.3 Å². The van der Waals surface area contributed by atoms with Gasteiger partial charge in [-0.1, -0.05) is 12.8 Å². The summed E-state index contributed by atoms with van der Waals surface area (Å²) in [5.41, 5.74) is 1.67. The first-order valence-corrected chi connectivity index (χ1v) is 5.70. The van der Waals surface area contributed by atoms with Gasteiger partial charge >= 0.3 is 0 Å². The highest BCUT2D eigenvalue weighted by Gasteiger charge is 2.21. The highest BCUT2D eigenvalue weighted by Crippen LogP contribution is 2.32. The Morgan fingerprint density at radius 3 is 3.06 bits per heavy atom. The molecule has 1 N–H and O–H groups in total. The van der Waals surface area contributed by atoms with Crippen LogP contribution in [0.1, 0.15) is 19.3 Å². The van der Waals surface area contributed by atoms with Crippen molar-refractivity contribution in [2.24, 2.45) is 5.92 Å². The number of H-pyrrole nitrogens is 1. The number of fused-ring (bicyclic) bond motifs is 1. The zero-order valence-corrected chi connectivity index (χ0v) is 9.35. The third kappa shape index (κ3) is 1.73. The lowest BCUT2D eigenvalue weighted by molar-refractivity contribution is 0.707. The number of anilines is 1. The molecule has 84 valence electrons. The summed E-state index contributed by atoms with van der Waals surface area (Å²) in [5, 5.41) is 0. The lowest BCUT2D eigenvalue weighted by atomic mass is 10.3. The van der Waals surface area contributed by atoms with Crippen LogP contribution in [-0.2, 0) is 0 Å². The van der Waals surface area contributed by atoms with Gasteiger partial charge in [-0.05, 0) is 12.3 Å². The van der Waals surface area contributed by atoms with E-state index in [-0.39, 0.29) is 0 Å². The predicted molar refractivity (Wildman–Crippen MR) is 62.3 cm³/mol. The Balaban J connectivity index is 1.82. The molecule has 0 radical (unpaired) electrons. The number of rotatable bonds is 4. The highest BCUT2D eigenvalue weighted by molar-refractivity contribution is 5.82. The first kappa shape index (κ1) is 9.57. The van der Waals surface area contributed by atoms with Crippen molar-refractivity contribution in [3.05, 3.63) is 12.7 Å². The largest absolute Gasteiger partial charge is 0.358 e. The molecule has 0 aromatic carbocycles. The van der Waals surface area contributed by atoms with Crippen molar-refractivity contribution in [3.8, 4) is 0 Å². The van der Waals surface area contributed by atoms with E-state index >= 15 is 0 Å². The average molecular weight is 217 g/mol. The van der Waals surface area contributed by atoms with Gasteiger partial charge in [0.1, 0.15) is 11.8 Å². The Morgan fingerprint density at radius 2 is 2.25 bits per heavy atom. The Kier molecular flexibility index (Phi) is 2.23. The van der Waals surface area contributed by atoms with Crippen LogP contribution < -0.4 is 4.90 Å². The van der Waals surface area contributed by atoms with Crippen molar-refractivity contribution in [1.29, 1.82) is 0 Å². The number of imidazole rings is 1. The van der Waals surface area contributed by atoms with Crippen LogP contribution in [0.3, 0.4) is 0 Å². The minimum absolute atomic E-state index is 0.739. The smallest absolute Gasteiger partial charge is 0.182 e. The monoisotopic (exact) mass is 217 g/mol. The van der Waals surface area contributed by atoms with Crippen molar-refractivity contribution in [3.63, 3.8) is 0 Å². The number of nitrogens with one attached hydrogen (secondary N) is 1. The molecular formula is C11H15N5. The molecule has 1 saturated carbocycles. The van der Waals surface area contributed by atoms with E-state index in [1.165, 1.54) is 19.3 Å². The Bertz CT molecular complexity index is 488. The molecule has 3 rings (SSSR count). The maximum absolute atomic E-state index is 4.32. The van der Waals surface area contributed by atoms with E-state index in [4.69, 9.17) is 0 Å². The van der Waals surface area contributed by atoms with Crippen molar-refractivity contribution in [2.75, 3.05) is 18.5 Å². The van der Waals surface area contributed by atoms with E-state index in [1.54, 1.807) is 12.7 Å². The molecular weight excluding hydrogens is 202 g/mol. The van der Waals surface area contributed by atoms with E-state index in [0.717, 1.165) is 29.4 Å². The van der Waals surface area contributed by atoms with Crippen LogP contribution in [-0.4, -0.2) is 33.5 Å². The Morgan fingerprint density at radius 1 is 1.38 bits per heavy atom. The SMILES string of the molecule is CN(CCC1CC1)c1ncnc2nc[nH]c12. The quantitative estimate of drug-likeness (QED) is 0.845. The molecule has 1 aliphatic rings. The lowest BCUT2D eigenvalue weighted by Gasteiger charge is -2.17. The second-order valence-corrected chi connectivity index (χ2v) is 4.45. The van der Waals surface area contributed by atoms with Crippen molar-refractivity contribution < 1.29 is 0 Å². The number of aromatic nitrogens is 4. The van der Waals surface area contributed by atoms with Gasteiger partial charge in [-0.15, -0.1) is 0 Å². The number of hydrogen-bond donors (Lipinski definition) is 1. The summed E-state index contributed by atoms with van der Waals surface area (Å²) in [6.45, 7) is 1.05. The fraction of sp³-hybridized carbons (Fsp3) is 0.545. The summed E-state index contributed by atoms with van der Waals surface area (Å²) in [6.07, 6.45) is 7.30. The van der Waals surface area contributed by atoms with E-state index in [1.807, 2.05) is 0 Å². The molecule has 5 nitrogen and oxygen atoms in total. The second kappa shape index (κ2) is 3.73. The van der Waals surface area contributed by atoms with Gasteiger partial charge in [-0.2, -0.15) is 0 Å². The van der Waals surface area contributed by atoms with Gasteiger partial charge in [0.05, 0.1) is 6.33 Å². The Labute approximate surface area is 93.9 Å². The van der Waals surface area contributed by atoms with Gasteiger partial charge in [0.2, 0.25) is 0 Å². The van der Waals surface area contributed by atoms with Crippen LogP contribution in [0, 0.1) is 5.92 Å². The molecule has 1 fully saturated rings. The zero-order chi connectivity index (χ0) is 11.0. The summed E-state index contributed by atoms with van der Waals surface area (Å²) in [5.74, 6) is 1.89. The van der Waals surface area contributed by atoms with Crippen molar-refractivity contribution >= 4 is 17.0 Å². The van der Waals surface area contributed by atoms with Crippen LogP contribution in [0.15, 0.2) is 12.7 Å². The predicted octanol–water partition coefficient (Wildman–Crippen LogP) is 1.59. The molecule has 0 amide bonds. The number of aromatic amines is 1. The molecule has 2 aromatic heterocycles. The maximum Gasteiger partial charge on any atom is 0.182 e. The van der Waals surface area contributed by atoms with Crippen LogP contribution in [0.25, 0.3) is 11.2 Å². The summed E-state index contributed by atoms with van der Waals surface area (Å²) < 4.78 is 0. The van der Waals surface area contributed by atoms with E-state index in [0.29, 0.717) is 0 Å². The van der Waals surface area contributed by atoms with Gasteiger partial charge in [0, 0.05) is 13.6 Å². The number of hydrogen-bond acceptors (Lipinski definition) is 4. The van der Waals surface area contributed by atoms with Gasteiger partial charge in [0.15, 0.2) is 11.5 Å². The maximum atomic E-state index is 4.32. The molecule has 0 unspecified atom stereocenters. The molecule has 2 heterocycles. The molecule has 0 atom stereocenters.